The number of ether oxygens (including phenoxy) is 1. The Morgan fingerprint density at radius 2 is 1.93 bits per heavy atom. The first-order valence-electron chi connectivity index (χ1n) is 10.1. The quantitative estimate of drug-likeness (QED) is 0.557. The van der Waals surface area contributed by atoms with E-state index in [4.69, 9.17) is 9.15 Å². The topological polar surface area (TPSA) is 80.6 Å². The third-order valence-corrected chi connectivity index (χ3v) is 4.98. The van der Waals surface area contributed by atoms with E-state index in [1.807, 2.05) is 60.7 Å². The number of rotatable bonds is 8. The molecule has 30 heavy (non-hydrogen) atoms. The van der Waals surface area contributed by atoms with Crippen LogP contribution in [0.4, 0.5) is 5.69 Å². The molecule has 1 aliphatic rings. The minimum atomic E-state index is -0.0376. The van der Waals surface area contributed by atoms with Crippen LogP contribution in [0.15, 0.2) is 65.1 Å². The fourth-order valence-corrected chi connectivity index (χ4v) is 3.40. The van der Waals surface area contributed by atoms with Crippen molar-refractivity contribution in [3.8, 4) is 17.1 Å². The standard InChI is InChI=1S/C24H24N2O4/c27-23(13-9-19-8-11-22(30-19)17-4-2-1-3-5-17)25-14-15-29-20-7-10-21-18(16-20)6-12-24(28)26-21/h1-5,7-8,10-11,16H,6,9,12-15H2,(H,25,27)(H,26,28). The van der Waals surface area contributed by atoms with E-state index in [9.17, 15) is 9.59 Å². The molecule has 2 aromatic carbocycles. The molecule has 0 fully saturated rings. The van der Waals surface area contributed by atoms with Crippen LogP contribution in [0.2, 0.25) is 0 Å². The first kappa shape index (κ1) is 19.8. The first-order chi connectivity index (χ1) is 14.7. The Bertz CT molecular complexity index is 1030. The molecule has 0 saturated carbocycles. The minimum absolute atomic E-state index is 0.0376. The second kappa shape index (κ2) is 9.31. The van der Waals surface area contributed by atoms with Crippen molar-refractivity contribution < 1.29 is 18.7 Å². The number of furan rings is 1. The molecule has 6 nitrogen and oxygen atoms in total. The lowest BCUT2D eigenvalue weighted by atomic mass is 10.0. The Hall–Kier alpha value is -3.54. The van der Waals surface area contributed by atoms with E-state index in [-0.39, 0.29) is 11.8 Å². The van der Waals surface area contributed by atoms with Crippen molar-refractivity contribution in [2.75, 3.05) is 18.5 Å². The first-order valence-corrected chi connectivity index (χ1v) is 10.1. The number of benzene rings is 2. The third kappa shape index (κ3) is 5.08. The van der Waals surface area contributed by atoms with E-state index in [0.29, 0.717) is 38.8 Å². The van der Waals surface area contributed by atoms with Gasteiger partial charge in [0.2, 0.25) is 11.8 Å². The van der Waals surface area contributed by atoms with Gasteiger partial charge in [0.1, 0.15) is 23.9 Å². The van der Waals surface area contributed by atoms with Gasteiger partial charge in [0.05, 0.1) is 6.54 Å². The third-order valence-electron chi connectivity index (χ3n) is 4.98. The van der Waals surface area contributed by atoms with Crippen LogP contribution >= 0.6 is 0 Å². The van der Waals surface area contributed by atoms with Gasteiger partial charge >= 0.3 is 0 Å². The second-order valence-electron chi connectivity index (χ2n) is 7.20. The Balaban J connectivity index is 1.17. The summed E-state index contributed by atoms with van der Waals surface area (Å²) in [6.45, 7) is 0.815. The lowest BCUT2D eigenvalue weighted by Gasteiger charge is -2.17. The molecule has 3 aromatic rings. The van der Waals surface area contributed by atoms with Gasteiger partial charge in [-0.15, -0.1) is 0 Å². The van der Waals surface area contributed by atoms with E-state index in [1.54, 1.807) is 0 Å². The van der Waals surface area contributed by atoms with E-state index in [1.165, 1.54) is 0 Å². The van der Waals surface area contributed by atoms with Crippen molar-refractivity contribution in [3.63, 3.8) is 0 Å². The number of nitrogens with one attached hydrogen (secondary N) is 2. The van der Waals surface area contributed by atoms with Crippen LogP contribution in [0.3, 0.4) is 0 Å². The summed E-state index contributed by atoms with van der Waals surface area (Å²) in [5.41, 5.74) is 2.94. The zero-order chi connectivity index (χ0) is 20.8. The Labute approximate surface area is 175 Å². The maximum absolute atomic E-state index is 12.1. The summed E-state index contributed by atoms with van der Waals surface area (Å²) >= 11 is 0. The van der Waals surface area contributed by atoms with Gasteiger partial charge in [-0.3, -0.25) is 9.59 Å². The monoisotopic (exact) mass is 404 g/mol. The predicted octanol–water partition coefficient (Wildman–Crippen LogP) is 3.96. The fourth-order valence-electron chi connectivity index (χ4n) is 3.40. The van der Waals surface area contributed by atoms with Gasteiger partial charge < -0.3 is 19.8 Å². The Morgan fingerprint density at radius 1 is 1.07 bits per heavy atom. The summed E-state index contributed by atoms with van der Waals surface area (Å²) in [5, 5.41) is 5.72. The lowest BCUT2D eigenvalue weighted by Crippen LogP contribution is -2.28. The van der Waals surface area contributed by atoms with Crippen LogP contribution < -0.4 is 15.4 Å². The van der Waals surface area contributed by atoms with Gasteiger partial charge in [0.15, 0.2) is 0 Å². The van der Waals surface area contributed by atoms with Crippen molar-refractivity contribution in [3.05, 3.63) is 72.0 Å². The number of carbonyl (C=O) groups is 2. The van der Waals surface area contributed by atoms with E-state index in [0.717, 1.165) is 34.1 Å². The summed E-state index contributed by atoms with van der Waals surface area (Å²) in [6.07, 6.45) is 2.12. The molecule has 1 aliphatic heterocycles. The van der Waals surface area contributed by atoms with Crippen LogP contribution in [0.5, 0.6) is 5.75 Å². The van der Waals surface area contributed by atoms with Crippen LogP contribution in [0, 0.1) is 0 Å². The molecule has 154 valence electrons. The van der Waals surface area contributed by atoms with Gasteiger partial charge in [0.25, 0.3) is 0 Å². The molecule has 2 N–H and O–H groups in total. The second-order valence-corrected chi connectivity index (χ2v) is 7.20. The van der Waals surface area contributed by atoms with Crippen LogP contribution in [0.1, 0.15) is 24.2 Å². The molecular weight excluding hydrogens is 380 g/mol. The van der Waals surface area contributed by atoms with Crippen molar-refractivity contribution >= 4 is 17.5 Å². The molecule has 0 spiro atoms. The largest absolute Gasteiger partial charge is 0.492 e. The minimum Gasteiger partial charge on any atom is -0.492 e. The Morgan fingerprint density at radius 3 is 2.80 bits per heavy atom. The van der Waals surface area contributed by atoms with Crippen LogP contribution in [-0.4, -0.2) is 25.0 Å². The number of anilines is 1. The average molecular weight is 404 g/mol. The molecule has 0 bridgehead atoms. The molecule has 0 unspecified atom stereocenters. The number of fused-ring (bicyclic) bond motifs is 1. The molecule has 4 rings (SSSR count). The Kier molecular flexibility index (Phi) is 6.13. The van der Waals surface area contributed by atoms with Crippen molar-refractivity contribution in [2.45, 2.75) is 25.7 Å². The van der Waals surface area contributed by atoms with Gasteiger partial charge in [-0.1, -0.05) is 30.3 Å². The van der Waals surface area contributed by atoms with Gasteiger partial charge in [-0.05, 0) is 42.3 Å². The smallest absolute Gasteiger partial charge is 0.224 e. The summed E-state index contributed by atoms with van der Waals surface area (Å²) in [4.78, 5) is 23.5. The number of amides is 2. The van der Waals surface area contributed by atoms with Crippen LogP contribution in [-0.2, 0) is 22.4 Å². The van der Waals surface area contributed by atoms with Crippen LogP contribution in [0.25, 0.3) is 11.3 Å². The molecule has 0 radical (unpaired) electrons. The fraction of sp³-hybridized carbons (Fsp3) is 0.250. The molecule has 2 amide bonds. The molecular formula is C24H24N2O4. The van der Waals surface area contributed by atoms with Gasteiger partial charge in [-0.25, -0.2) is 0 Å². The zero-order valence-electron chi connectivity index (χ0n) is 16.6. The number of hydrogen-bond donors (Lipinski definition) is 2. The lowest BCUT2D eigenvalue weighted by molar-refractivity contribution is -0.121. The molecule has 0 saturated heterocycles. The SMILES string of the molecule is O=C(CCc1ccc(-c2ccccc2)o1)NCCOc1ccc2c(c1)CCC(=O)N2. The van der Waals surface area contributed by atoms with Crippen molar-refractivity contribution in [1.29, 1.82) is 0 Å². The maximum atomic E-state index is 12.1. The summed E-state index contributed by atoms with van der Waals surface area (Å²) in [6, 6.07) is 19.4. The molecule has 1 aromatic heterocycles. The van der Waals surface area contributed by atoms with E-state index >= 15 is 0 Å². The highest BCUT2D eigenvalue weighted by molar-refractivity contribution is 5.94. The number of carbonyl (C=O) groups excluding carboxylic acids is 2. The molecule has 0 atom stereocenters. The van der Waals surface area contributed by atoms with E-state index in [2.05, 4.69) is 10.6 Å². The number of aryl methyl sites for hydroxylation is 2. The average Bonchev–Trinajstić information content (AvgIpc) is 3.25. The summed E-state index contributed by atoms with van der Waals surface area (Å²) in [7, 11) is 0. The highest BCUT2D eigenvalue weighted by Crippen LogP contribution is 2.26. The highest BCUT2D eigenvalue weighted by Gasteiger charge is 2.15. The normalized spacial score (nSPS) is 12.7. The predicted molar refractivity (Wildman–Crippen MR) is 114 cm³/mol. The zero-order valence-corrected chi connectivity index (χ0v) is 16.6. The maximum Gasteiger partial charge on any atom is 0.224 e. The van der Waals surface area contributed by atoms with Gasteiger partial charge in [0, 0.05) is 30.5 Å². The summed E-state index contributed by atoms with van der Waals surface area (Å²) < 4.78 is 11.5. The highest BCUT2D eigenvalue weighted by atomic mass is 16.5. The molecule has 0 aliphatic carbocycles. The molecule has 6 heteroatoms. The van der Waals surface area contributed by atoms with E-state index < -0.39 is 0 Å². The van der Waals surface area contributed by atoms with Gasteiger partial charge in [-0.2, -0.15) is 0 Å². The molecule has 2 heterocycles. The summed E-state index contributed by atoms with van der Waals surface area (Å²) in [5.74, 6) is 2.35. The van der Waals surface area contributed by atoms with Crippen molar-refractivity contribution in [2.24, 2.45) is 0 Å². The number of hydrogen-bond acceptors (Lipinski definition) is 4. The van der Waals surface area contributed by atoms with Crippen molar-refractivity contribution in [1.82, 2.24) is 5.32 Å².